The van der Waals surface area contributed by atoms with E-state index in [-0.39, 0.29) is 12.2 Å². The molecule has 0 saturated heterocycles. The number of hydrogen-bond donors (Lipinski definition) is 1. The van der Waals surface area contributed by atoms with Crippen LogP contribution in [0.1, 0.15) is 35.2 Å². The standard InChI is InChI=1S/C19H17N3O3/c20-9-3-4-12-22-16-6-2-1-5-15(16)19(25,18(22)24)13-17(23)14-7-10-21-11-8-14/h1-2,5-8,10-11,25H,3-4,12-13H2/t19-/m0/s1. The van der Waals surface area contributed by atoms with Gasteiger partial charge in [0, 0.05) is 36.5 Å². The molecular weight excluding hydrogens is 318 g/mol. The van der Waals surface area contributed by atoms with Crippen LogP contribution in [-0.2, 0) is 10.4 Å². The van der Waals surface area contributed by atoms with Crippen LogP contribution in [0, 0.1) is 11.3 Å². The maximum atomic E-state index is 12.9. The Kier molecular flexibility index (Phi) is 4.59. The zero-order chi connectivity index (χ0) is 17.9. The Morgan fingerprint density at radius 1 is 1.24 bits per heavy atom. The number of rotatable bonds is 6. The molecule has 0 bridgehead atoms. The van der Waals surface area contributed by atoms with Crippen LogP contribution in [0.4, 0.5) is 5.69 Å². The summed E-state index contributed by atoms with van der Waals surface area (Å²) in [5.74, 6) is -0.846. The molecule has 2 heterocycles. The van der Waals surface area contributed by atoms with E-state index >= 15 is 0 Å². The number of benzene rings is 1. The largest absolute Gasteiger partial charge is 0.375 e. The first-order valence-corrected chi connectivity index (χ1v) is 8.02. The normalized spacial score (nSPS) is 18.7. The van der Waals surface area contributed by atoms with Gasteiger partial charge in [-0.05, 0) is 24.6 Å². The van der Waals surface area contributed by atoms with Gasteiger partial charge in [0.15, 0.2) is 11.4 Å². The number of fused-ring (bicyclic) bond motifs is 1. The van der Waals surface area contributed by atoms with E-state index in [1.807, 2.05) is 6.07 Å². The summed E-state index contributed by atoms with van der Waals surface area (Å²) >= 11 is 0. The van der Waals surface area contributed by atoms with Crippen LogP contribution in [0.25, 0.3) is 0 Å². The van der Waals surface area contributed by atoms with E-state index < -0.39 is 11.5 Å². The summed E-state index contributed by atoms with van der Waals surface area (Å²) < 4.78 is 0. The maximum Gasteiger partial charge on any atom is 0.264 e. The number of pyridine rings is 1. The van der Waals surface area contributed by atoms with Crippen LogP contribution < -0.4 is 4.90 Å². The molecule has 1 aromatic carbocycles. The quantitative estimate of drug-likeness (QED) is 0.645. The number of nitrogens with zero attached hydrogens (tertiary/aromatic N) is 3. The topological polar surface area (TPSA) is 94.3 Å². The average molecular weight is 335 g/mol. The number of anilines is 1. The van der Waals surface area contributed by atoms with Crippen molar-refractivity contribution in [2.45, 2.75) is 24.9 Å². The van der Waals surface area contributed by atoms with Gasteiger partial charge < -0.3 is 10.0 Å². The number of amides is 1. The number of aromatic nitrogens is 1. The number of ketones is 1. The number of aliphatic hydroxyl groups is 1. The Hall–Kier alpha value is -3.04. The van der Waals surface area contributed by atoms with Gasteiger partial charge in [-0.3, -0.25) is 14.6 Å². The lowest BCUT2D eigenvalue weighted by atomic mass is 9.88. The van der Waals surface area contributed by atoms with Crippen molar-refractivity contribution in [3.05, 3.63) is 59.9 Å². The third-order valence-electron chi connectivity index (χ3n) is 4.33. The molecule has 0 saturated carbocycles. The van der Waals surface area contributed by atoms with Gasteiger partial charge in [0.2, 0.25) is 0 Å². The molecule has 1 aliphatic rings. The highest BCUT2D eigenvalue weighted by Gasteiger charge is 2.50. The first-order valence-electron chi connectivity index (χ1n) is 8.02. The van der Waals surface area contributed by atoms with Crippen molar-refractivity contribution in [1.82, 2.24) is 4.98 Å². The lowest BCUT2D eigenvalue weighted by Gasteiger charge is -2.22. The van der Waals surface area contributed by atoms with E-state index in [2.05, 4.69) is 4.98 Å². The van der Waals surface area contributed by atoms with Crippen molar-refractivity contribution in [3.8, 4) is 6.07 Å². The Balaban J connectivity index is 1.91. The van der Waals surface area contributed by atoms with Gasteiger partial charge >= 0.3 is 0 Å². The Morgan fingerprint density at radius 3 is 2.68 bits per heavy atom. The van der Waals surface area contributed by atoms with Crippen LogP contribution in [-0.4, -0.2) is 28.3 Å². The fraction of sp³-hybridized carbons (Fsp3) is 0.263. The maximum absolute atomic E-state index is 12.9. The minimum Gasteiger partial charge on any atom is -0.375 e. The minimum atomic E-state index is -1.89. The van der Waals surface area contributed by atoms with E-state index in [1.165, 1.54) is 17.3 Å². The van der Waals surface area contributed by atoms with Crippen LogP contribution in [0.2, 0.25) is 0 Å². The summed E-state index contributed by atoms with van der Waals surface area (Å²) in [7, 11) is 0. The van der Waals surface area contributed by atoms with Gasteiger partial charge in [-0.1, -0.05) is 18.2 Å². The number of hydrogen-bond acceptors (Lipinski definition) is 5. The summed E-state index contributed by atoms with van der Waals surface area (Å²) in [5, 5.41) is 19.8. The third-order valence-corrected chi connectivity index (χ3v) is 4.33. The smallest absolute Gasteiger partial charge is 0.264 e. The van der Waals surface area contributed by atoms with Gasteiger partial charge in [-0.15, -0.1) is 0 Å². The van der Waals surface area contributed by atoms with Crippen molar-refractivity contribution in [2.24, 2.45) is 0 Å². The molecule has 25 heavy (non-hydrogen) atoms. The highest BCUT2D eigenvalue weighted by atomic mass is 16.3. The van der Waals surface area contributed by atoms with E-state index in [9.17, 15) is 14.7 Å². The molecule has 1 atom stereocenters. The molecule has 2 aromatic rings. The van der Waals surface area contributed by atoms with Gasteiger partial charge in [-0.2, -0.15) is 5.26 Å². The number of carbonyl (C=O) groups is 2. The van der Waals surface area contributed by atoms with Crippen molar-refractivity contribution in [3.63, 3.8) is 0 Å². The molecule has 1 N–H and O–H groups in total. The highest BCUT2D eigenvalue weighted by molar-refractivity contribution is 6.10. The molecule has 6 nitrogen and oxygen atoms in total. The number of Topliss-reactive ketones (excluding diaryl/α,β-unsaturated/α-hetero) is 1. The molecular formula is C19H17N3O3. The predicted octanol–water partition coefficient (Wildman–Crippen LogP) is 2.19. The molecule has 3 rings (SSSR count). The highest BCUT2D eigenvalue weighted by Crippen LogP contribution is 2.42. The first kappa shape index (κ1) is 16.8. The Morgan fingerprint density at radius 2 is 1.96 bits per heavy atom. The van der Waals surface area contributed by atoms with Crippen molar-refractivity contribution >= 4 is 17.4 Å². The lowest BCUT2D eigenvalue weighted by molar-refractivity contribution is -0.135. The van der Waals surface area contributed by atoms with Crippen LogP contribution >= 0.6 is 0 Å². The number of nitriles is 1. The van der Waals surface area contributed by atoms with Gasteiger partial charge in [0.1, 0.15) is 0 Å². The minimum absolute atomic E-state index is 0.320. The number of para-hydroxylation sites is 1. The second kappa shape index (κ2) is 6.83. The second-order valence-corrected chi connectivity index (χ2v) is 5.93. The monoisotopic (exact) mass is 335 g/mol. The lowest BCUT2D eigenvalue weighted by Crippen LogP contribution is -2.42. The Labute approximate surface area is 145 Å². The molecule has 0 radical (unpaired) electrons. The molecule has 126 valence electrons. The summed E-state index contributed by atoms with van der Waals surface area (Å²) in [6.45, 7) is 0.329. The zero-order valence-corrected chi connectivity index (χ0v) is 13.6. The van der Waals surface area contributed by atoms with Gasteiger partial charge in [-0.25, -0.2) is 0 Å². The SMILES string of the molecule is N#CCCCN1C(=O)[C@](O)(CC(=O)c2ccncc2)c2ccccc21. The summed E-state index contributed by atoms with van der Waals surface area (Å²) in [6, 6.07) is 12.1. The van der Waals surface area contributed by atoms with Gasteiger partial charge in [0.25, 0.3) is 5.91 Å². The summed E-state index contributed by atoms with van der Waals surface area (Å²) in [5.41, 5.74) is -0.463. The second-order valence-electron chi connectivity index (χ2n) is 5.93. The van der Waals surface area contributed by atoms with Crippen LogP contribution in [0.3, 0.4) is 0 Å². The van der Waals surface area contributed by atoms with E-state index in [0.29, 0.717) is 36.2 Å². The fourth-order valence-corrected chi connectivity index (χ4v) is 3.09. The van der Waals surface area contributed by atoms with Crippen molar-refractivity contribution in [2.75, 3.05) is 11.4 Å². The Bertz CT molecular complexity index is 844. The molecule has 1 amide bonds. The molecule has 0 fully saturated rings. The predicted molar refractivity (Wildman–Crippen MR) is 90.7 cm³/mol. The van der Waals surface area contributed by atoms with E-state index in [4.69, 9.17) is 5.26 Å². The summed E-state index contributed by atoms with van der Waals surface area (Å²) in [4.78, 5) is 30.7. The van der Waals surface area contributed by atoms with Gasteiger partial charge in [0.05, 0.1) is 18.2 Å². The third kappa shape index (κ3) is 3.02. The van der Waals surface area contributed by atoms with Crippen molar-refractivity contribution in [1.29, 1.82) is 5.26 Å². The average Bonchev–Trinajstić information content (AvgIpc) is 2.85. The zero-order valence-electron chi connectivity index (χ0n) is 13.6. The summed E-state index contributed by atoms with van der Waals surface area (Å²) in [6.07, 6.45) is 3.48. The first-order chi connectivity index (χ1) is 12.1. The molecule has 6 heteroatoms. The molecule has 1 aliphatic heterocycles. The van der Waals surface area contributed by atoms with E-state index in [0.717, 1.165) is 0 Å². The molecule has 0 unspecified atom stereocenters. The molecule has 0 aliphatic carbocycles. The van der Waals surface area contributed by atoms with Crippen LogP contribution in [0.15, 0.2) is 48.8 Å². The number of carbonyl (C=O) groups excluding carboxylic acids is 2. The van der Waals surface area contributed by atoms with Crippen LogP contribution in [0.5, 0.6) is 0 Å². The molecule has 1 aromatic heterocycles. The fourth-order valence-electron chi connectivity index (χ4n) is 3.09. The molecule has 0 spiro atoms. The number of unbranched alkanes of at least 4 members (excludes halogenated alkanes) is 1. The van der Waals surface area contributed by atoms with Crippen molar-refractivity contribution < 1.29 is 14.7 Å². The van der Waals surface area contributed by atoms with E-state index in [1.54, 1.807) is 36.4 Å².